The van der Waals surface area contributed by atoms with Gasteiger partial charge in [-0.2, -0.15) is 0 Å². The fraction of sp³-hybridized carbons (Fsp3) is 0.235. The van der Waals surface area contributed by atoms with Crippen LogP contribution in [0.2, 0.25) is 0 Å². The molecule has 0 spiro atoms. The molecule has 20 heavy (non-hydrogen) atoms. The van der Waals surface area contributed by atoms with Crippen molar-refractivity contribution in [2.75, 3.05) is 5.32 Å². The molecule has 0 aliphatic rings. The molecular weight excluding hydrogens is 248 g/mol. The number of nitrogens with two attached hydrogens (primary N) is 1. The summed E-state index contributed by atoms with van der Waals surface area (Å²) >= 11 is 0. The van der Waals surface area contributed by atoms with E-state index in [0.717, 1.165) is 34.5 Å². The summed E-state index contributed by atoms with van der Waals surface area (Å²) in [6.45, 7) is 6.16. The average molecular weight is 268 g/mol. The first-order valence-corrected chi connectivity index (χ1v) is 6.79. The summed E-state index contributed by atoms with van der Waals surface area (Å²) in [5, 5.41) is 3.41. The van der Waals surface area contributed by atoms with E-state index >= 15 is 0 Å². The molecule has 0 aliphatic heterocycles. The van der Waals surface area contributed by atoms with Crippen LogP contribution in [-0.4, -0.2) is 5.91 Å². The number of primary amides is 1. The first-order chi connectivity index (χ1) is 9.54. The Hall–Kier alpha value is -2.29. The zero-order chi connectivity index (χ0) is 14.7. The van der Waals surface area contributed by atoms with Crippen molar-refractivity contribution in [1.82, 2.24) is 0 Å². The minimum absolute atomic E-state index is 0.408. The summed E-state index contributed by atoms with van der Waals surface area (Å²) in [5.41, 5.74) is 11.3. The topological polar surface area (TPSA) is 55.1 Å². The van der Waals surface area contributed by atoms with Crippen molar-refractivity contribution >= 4 is 17.3 Å². The van der Waals surface area contributed by atoms with Gasteiger partial charge in [-0.15, -0.1) is 0 Å². The van der Waals surface area contributed by atoms with Gasteiger partial charge in [-0.1, -0.05) is 37.3 Å². The van der Waals surface area contributed by atoms with E-state index in [4.69, 9.17) is 5.73 Å². The second-order valence-electron chi connectivity index (χ2n) is 4.95. The second-order valence-corrected chi connectivity index (χ2v) is 4.95. The number of benzene rings is 2. The number of carbonyl (C=O) groups is 1. The van der Waals surface area contributed by atoms with Gasteiger partial charge in [0.2, 0.25) is 0 Å². The number of aryl methyl sites for hydroxylation is 3. The lowest BCUT2D eigenvalue weighted by atomic mass is 10.0. The predicted octanol–water partition coefficient (Wildman–Crippen LogP) is 3.71. The van der Waals surface area contributed by atoms with Crippen molar-refractivity contribution in [3.05, 3.63) is 58.7 Å². The van der Waals surface area contributed by atoms with E-state index in [0.29, 0.717) is 5.56 Å². The molecule has 3 nitrogen and oxygen atoms in total. The van der Waals surface area contributed by atoms with Crippen LogP contribution in [0.15, 0.2) is 36.4 Å². The minimum Gasteiger partial charge on any atom is -0.366 e. The number of amides is 1. The fourth-order valence-electron chi connectivity index (χ4n) is 2.38. The van der Waals surface area contributed by atoms with Crippen molar-refractivity contribution in [3.63, 3.8) is 0 Å². The Morgan fingerprint density at radius 1 is 1.05 bits per heavy atom. The monoisotopic (exact) mass is 268 g/mol. The molecule has 0 fully saturated rings. The molecule has 2 aromatic carbocycles. The molecule has 3 N–H and O–H groups in total. The molecule has 1 amide bonds. The van der Waals surface area contributed by atoms with Gasteiger partial charge in [0.25, 0.3) is 5.91 Å². The van der Waals surface area contributed by atoms with Crippen molar-refractivity contribution in [1.29, 1.82) is 0 Å². The van der Waals surface area contributed by atoms with E-state index in [2.05, 4.69) is 12.2 Å². The molecule has 3 heteroatoms. The standard InChI is InChI=1S/C17H20N2O/c1-4-13-9-6-10-14(17(18)20)16(13)19-15-11(2)7-5-8-12(15)3/h5-10,19H,4H2,1-3H3,(H2,18,20). The van der Waals surface area contributed by atoms with Crippen LogP contribution in [-0.2, 0) is 6.42 Å². The van der Waals surface area contributed by atoms with Gasteiger partial charge in [-0.25, -0.2) is 0 Å². The van der Waals surface area contributed by atoms with Crippen molar-refractivity contribution in [3.8, 4) is 0 Å². The highest BCUT2D eigenvalue weighted by Gasteiger charge is 2.13. The van der Waals surface area contributed by atoms with Crippen molar-refractivity contribution < 1.29 is 4.79 Å². The zero-order valence-electron chi connectivity index (χ0n) is 12.2. The number of anilines is 2. The van der Waals surface area contributed by atoms with E-state index in [1.807, 2.05) is 44.2 Å². The lowest BCUT2D eigenvalue weighted by Crippen LogP contribution is -2.14. The maximum Gasteiger partial charge on any atom is 0.250 e. The van der Waals surface area contributed by atoms with Gasteiger partial charge in [0.05, 0.1) is 11.3 Å². The average Bonchev–Trinajstić information content (AvgIpc) is 2.42. The van der Waals surface area contributed by atoms with Gasteiger partial charge in [0.15, 0.2) is 0 Å². The first kappa shape index (κ1) is 14.1. The number of hydrogen-bond donors (Lipinski definition) is 2. The third-order valence-electron chi connectivity index (χ3n) is 3.53. The van der Waals surface area contributed by atoms with Crippen LogP contribution in [0.3, 0.4) is 0 Å². The van der Waals surface area contributed by atoms with Gasteiger partial charge >= 0.3 is 0 Å². The van der Waals surface area contributed by atoms with Gasteiger partial charge in [-0.3, -0.25) is 4.79 Å². The van der Waals surface area contributed by atoms with E-state index in [9.17, 15) is 4.79 Å². The van der Waals surface area contributed by atoms with Crippen molar-refractivity contribution in [2.24, 2.45) is 5.73 Å². The number of carbonyl (C=O) groups excluding carboxylic acids is 1. The molecule has 2 rings (SSSR count). The van der Waals surface area contributed by atoms with Crippen LogP contribution in [0.4, 0.5) is 11.4 Å². The maximum absolute atomic E-state index is 11.6. The van der Waals surface area contributed by atoms with Crippen LogP contribution in [0.25, 0.3) is 0 Å². The Balaban J connectivity index is 2.55. The van der Waals surface area contributed by atoms with Crippen LogP contribution in [0.1, 0.15) is 34.0 Å². The fourth-order valence-corrected chi connectivity index (χ4v) is 2.38. The van der Waals surface area contributed by atoms with Gasteiger partial charge in [0.1, 0.15) is 0 Å². The van der Waals surface area contributed by atoms with Crippen LogP contribution in [0.5, 0.6) is 0 Å². The number of hydrogen-bond acceptors (Lipinski definition) is 2. The Kier molecular flexibility index (Phi) is 4.08. The quantitative estimate of drug-likeness (QED) is 0.888. The molecule has 0 radical (unpaired) electrons. The third kappa shape index (κ3) is 2.67. The zero-order valence-corrected chi connectivity index (χ0v) is 12.2. The molecule has 0 aliphatic carbocycles. The van der Waals surface area contributed by atoms with Gasteiger partial charge < -0.3 is 11.1 Å². The summed E-state index contributed by atoms with van der Waals surface area (Å²) in [5.74, 6) is -0.408. The van der Waals surface area contributed by atoms with E-state index in [1.54, 1.807) is 6.07 Å². The summed E-state index contributed by atoms with van der Waals surface area (Å²) < 4.78 is 0. The van der Waals surface area contributed by atoms with Crippen LogP contribution in [0, 0.1) is 13.8 Å². The van der Waals surface area contributed by atoms with Gasteiger partial charge in [-0.05, 0) is 43.0 Å². The molecule has 104 valence electrons. The lowest BCUT2D eigenvalue weighted by molar-refractivity contribution is 0.100. The molecule has 0 saturated carbocycles. The summed E-state index contributed by atoms with van der Waals surface area (Å²) in [4.78, 5) is 11.6. The normalized spacial score (nSPS) is 10.3. The second kappa shape index (κ2) is 5.78. The third-order valence-corrected chi connectivity index (χ3v) is 3.53. The smallest absolute Gasteiger partial charge is 0.250 e. The largest absolute Gasteiger partial charge is 0.366 e. The molecule has 0 saturated heterocycles. The first-order valence-electron chi connectivity index (χ1n) is 6.79. The SMILES string of the molecule is CCc1cccc(C(N)=O)c1Nc1c(C)cccc1C. The highest BCUT2D eigenvalue weighted by atomic mass is 16.1. The molecule has 0 bridgehead atoms. The van der Waals surface area contributed by atoms with Crippen LogP contribution >= 0.6 is 0 Å². The van der Waals surface area contributed by atoms with Gasteiger partial charge in [0, 0.05) is 5.69 Å². The number of nitrogens with one attached hydrogen (secondary N) is 1. The summed E-state index contributed by atoms with van der Waals surface area (Å²) in [7, 11) is 0. The van der Waals surface area contributed by atoms with E-state index in [1.165, 1.54) is 0 Å². The summed E-state index contributed by atoms with van der Waals surface area (Å²) in [6.07, 6.45) is 0.842. The Morgan fingerprint density at radius 3 is 2.20 bits per heavy atom. The number of rotatable bonds is 4. The molecule has 0 unspecified atom stereocenters. The Bertz CT molecular complexity index is 627. The molecule has 0 heterocycles. The predicted molar refractivity (Wildman–Crippen MR) is 83.5 cm³/mol. The lowest BCUT2D eigenvalue weighted by Gasteiger charge is -2.17. The summed E-state index contributed by atoms with van der Waals surface area (Å²) in [6, 6.07) is 11.8. The molecule has 0 aromatic heterocycles. The van der Waals surface area contributed by atoms with Crippen molar-refractivity contribution in [2.45, 2.75) is 27.2 Å². The molecule has 2 aromatic rings. The highest BCUT2D eigenvalue weighted by Crippen LogP contribution is 2.29. The molecular formula is C17H20N2O. The number of para-hydroxylation sites is 2. The van der Waals surface area contributed by atoms with Crippen LogP contribution < -0.4 is 11.1 Å². The Labute approximate surface area is 119 Å². The maximum atomic E-state index is 11.6. The van der Waals surface area contributed by atoms with E-state index in [-0.39, 0.29) is 0 Å². The Morgan fingerprint density at radius 2 is 1.65 bits per heavy atom. The molecule has 0 atom stereocenters. The van der Waals surface area contributed by atoms with E-state index < -0.39 is 5.91 Å². The highest BCUT2D eigenvalue weighted by molar-refractivity contribution is 6.00. The minimum atomic E-state index is -0.408.